The molecule has 0 aromatic heterocycles. The Bertz CT molecular complexity index is 912. The Morgan fingerprint density at radius 1 is 0.655 bits per heavy atom. The summed E-state index contributed by atoms with van der Waals surface area (Å²) in [6.45, 7) is 6.58. The highest BCUT2D eigenvalue weighted by atomic mass is 32.2. The third-order valence-corrected chi connectivity index (χ3v) is 6.59. The van der Waals surface area contributed by atoms with E-state index in [1.807, 2.05) is 13.8 Å². The van der Waals surface area contributed by atoms with Crippen molar-refractivity contribution in [2.75, 3.05) is 13.2 Å². The van der Waals surface area contributed by atoms with Crippen molar-refractivity contribution in [3.05, 3.63) is 59.7 Å². The molecule has 160 valence electrons. The molecule has 0 bridgehead atoms. The normalized spacial score (nSPS) is 14.5. The van der Waals surface area contributed by atoms with Crippen LogP contribution < -0.4 is 0 Å². The van der Waals surface area contributed by atoms with Gasteiger partial charge in [-0.1, -0.05) is 35.4 Å². The molecule has 2 aromatic carbocycles. The third-order valence-electron chi connectivity index (χ3n) is 4.00. The van der Waals surface area contributed by atoms with Crippen molar-refractivity contribution in [1.29, 1.82) is 0 Å². The smallest absolute Gasteiger partial charge is 0.297 e. The van der Waals surface area contributed by atoms with Crippen molar-refractivity contribution in [1.82, 2.24) is 0 Å². The van der Waals surface area contributed by atoms with Crippen LogP contribution >= 0.6 is 0 Å². The van der Waals surface area contributed by atoms with E-state index in [4.69, 9.17) is 13.1 Å². The van der Waals surface area contributed by atoms with Gasteiger partial charge in [-0.15, -0.1) is 0 Å². The molecule has 0 aliphatic rings. The van der Waals surface area contributed by atoms with Gasteiger partial charge in [-0.2, -0.15) is 16.8 Å². The van der Waals surface area contributed by atoms with E-state index in [1.165, 1.54) is 24.3 Å². The molecule has 2 atom stereocenters. The van der Waals surface area contributed by atoms with Crippen molar-refractivity contribution >= 4 is 20.2 Å². The molecule has 0 saturated heterocycles. The number of aryl methyl sites for hydroxylation is 2. The first kappa shape index (κ1) is 23.5. The number of hydrogen-bond acceptors (Lipinski definition) is 7. The highest BCUT2D eigenvalue weighted by Crippen LogP contribution is 2.16. The maximum Gasteiger partial charge on any atom is 0.297 e. The average Bonchev–Trinajstić information content (AvgIpc) is 2.66. The second kappa shape index (κ2) is 9.82. The van der Waals surface area contributed by atoms with Crippen LogP contribution in [0.25, 0.3) is 0 Å². The predicted octanol–water partition coefficient (Wildman–Crippen LogP) is 3.21. The SMILES string of the molecule is Cc1ccc(S(=O)(=O)OCC(C)OC(C)COS(=O)(=O)c2ccc(C)cc2)cc1. The molecule has 0 radical (unpaired) electrons. The van der Waals surface area contributed by atoms with Crippen LogP contribution in [-0.4, -0.2) is 42.3 Å². The molecule has 0 aliphatic carbocycles. The minimum atomic E-state index is -3.89. The number of benzene rings is 2. The Hall–Kier alpha value is -1.78. The Morgan fingerprint density at radius 3 is 1.28 bits per heavy atom. The fourth-order valence-electron chi connectivity index (χ4n) is 2.39. The van der Waals surface area contributed by atoms with Crippen molar-refractivity contribution in [3.63, 3.8) is 0 Å². The molecule has 7 nitrogen and oxygen atoms in total. The van der Waals surface area contributed by atoms with Crippen LogP contribution in [0.5, 0.6) is 0 Å². The second-order valence-electron chi connectivity index (χ2n) is 6.86. The molecule has 0 saturated carbocycles. The lowest BCUT2D eigenvalue weighted by Crippen LogP contribution is -2.27. The Kier molecular flexibility index (Phi) is 7.95. The van der Waals surface area contributed by atoms with E-state index in [0.29, 0.717) is 0 Å². The lowest BCUT2D eigenvalue weighted by molar-refractivity contribution is -0.0318. The summed E-state index contributed by atoms with van der Waals surface area (Å²) in [5.41, 5.74) is 1.88. The van der Waals surface area contributed by atoms with Gasteiger partial charge < -0.3 is 4.74 Å². The molecular weight excluding hydrogens is 416 g/mol. The summed E-state index contributed by atoms with van der Waals surface area (Å²) in [5, 5.41) is 0. The molecule has 0 fully saturated rings. The van der Waals surface area contributed by atoms with Gasteiger partial charge in [-0.05, 0) is 52.0 Å². The van der Waals surface area contributed by atoms with Crippen molar-refractivity contribution in [2.45, 2.75) is 49.7 Å². The summed E-state index contributed by atoms with van der Waals surface area (Å²) >= 11 is 0. The van der Waals surface area contributed by atoms with Crippen LogP contribution in [0, 0.1) is 13.8 Å². The van der Waals surface area contributed by atoms with Crippen LogP contribution in [-0.2, 0) is 33.3 Å². The predicted molar refractivity (Wildman–Crippen MR) is 109 cm³/mol. The van der Waals surface area contributed by atoms with E-state index in [9.17, 15) is 16.8 Å². The fraction of sp³-hybridized carbons (Fsp3) is 0.400. The molecule has 2 rings (SSSR count). The Labute approximate surface area is 172 Å². The first-order chi connectivity index (χ1) is 13.5. The molecule has 9 heteroatoms. The average molecular weight is 443 g/mol. The van der Waals surface area contributed by atoms with Gasteiger partial charge in [0.05, 0.1) is 35.2 Å². The third kappa shape index (κ3) is 7.20. The molecule has 0 spiro atoms. The minimum absolute atomic E-state index is 0.0656. The molecular formula is C20H26O7S2. The Morgan fingerprint density at radius 2 is 0.966 bits per heavy atom. The minimum Gasteiger partial charge on any atom is -0.371 e. The fourth-order valence-corrected chi connectivity index (χ4v) is 4.34. The van der Waals surface area contributed by atoms with Crippen LogP contribution in [0.15, 0.2) is 58.3 Å². The van der Waals surface area contributed by atoms with Crippen LogP contribution in [0.1, 0.15) is 25.0 Å². The van der Waals surface area contributed by atoms with Crippen LogP contribution in [0.3, 0.4) is 0 Å². The van der Waals surface area contributed by atoms with Crippen molar-refractivity contribution in [2.24, 2.45) is 0 Å². The van der Waals surface area contributed by atoms with E-state index < -0.39 is 32.4 Å². The largest absolute Gasteiger partial charge is 0.371 e. The van der Waals surface area contributed by atoms with Gasteiger partial charge in [-0.3, -0.25) is 8.37 Å². The lowest BCUT2D eigenvalue weighted by atomic mass is 10.2. The number of ether oxygens (including phenoxy) is 1. The van der Waals surface area contributed by atoms with Crippen molar-refractivity contribution < 1.29 is 29.9 Å². The van der Waals surface area contributed by atoms with E-state index in [2.05, 4.69) is 0 Å². The van der Waals surface area contributed by atoms with Gasteiger partial charge in [0, 0.05) is 0 Å². The van der Waals surface area contributed by atoms with E-state index in [0.717, 1.165) is 11.1 Å². The molecule has 0 amide bonds. The topological polar surface area (TPSA) is 96.0 Å². The zero-order valence-corrected chi connectivity index (χ0v) is 18.5. The van der Waals surface area contributed by atoms with E-state index >= 15 is 0 Å². The summed E-state index contributed by atoms with van der Waals surface area (Å²) in [6, 6.07) is 12.6. The first-order valence-electron chi connectivity index (χ1n) is 9.07. The maximum atomic E-state index is 12.2. The molecule has 2 aromatic rings. The van der Waals surface area contributed by atoms with E-state index in [1.54, 1.807) is 38.1 Å². The highest BCUT2D eigenvalue weighted by molar-refractivity contribution is 7.87. The van der Waals surface area contributed by atoms with Gasteiger partial charge in [0.1, 0.15) is 0 Å². The molecule has 2 unspecified atom stereocenters. The van der Waals surface area contributed by atoms with Crippen LogP contribution in [0.2, 0.25) is 0 Å². The first-order valence-corrected chi connectivity index (χ1v) is 11.9. The molecule has 0 heterocycles. The summed E-state index contributed by atoms with van der Waals surface area (Å²) in [5.74, 6) is 0. The standard InChI is InChI=1S/C20H26O7S2/c1-15-5-9-19(10-6-15)28(21,22)25-13-17(3)27-18(4)14-26-29(23,24)20-11-7-16(2)8-12-20/h5-12,17-18H,13-14H2,1-4H3. The summed E-state index contributed by atoms with van der Waals surface area (Å²) in [6.07, 6.45) is -1.17. The van der Waals surface area contributed by atoms with Gasteiger partial charge in [0.25, 0.3) is 20.2 Å². The molecule has 0 aliphatic heterocycles. The lowest BCUT2D eigenvalue weighted by Gasteiger charge is -2.19. The molecule has 29 heavy (non-hydrogen) atoms. The quantitative estimate of drug-likeness (QED) is 0.521. The van der Waals surface area contributed by atoms with Gasteiger partial charge in [0.2, 0.25) is 0 Å². The van der Waals surface area contributed by atoms with E-state index in [-0.39, 0.29) is 23.0 Å². The number of hydrogen-bond donors (Lipinski definition) is 0. The summed E-state index contributed by atoms with van der Waals surface area (Å²) in [7, 11) is -7.78. The molecule has 0 N–H and O–H groups in total. The van der Waals surface area contributed by atoms with Gasteiger partial charge in [-0.25, -0.2) is 0 Å². The number of rotatable bonds is 10. The monoisotopic (exact) mass is 442 g/mol. The zero-order chi connectivity index (χ0) is 21.7. The van der Waals surface area contributed by atoms with Gasteiger partial charge >= 0.3 is 0 Å². The second-order valence-corrected chi connectivity index (χ2v) is 10.1. The Balaban J connectivity index is 1.83. The summed E-state index contributed by atoms with van der Waals surface area (Å²) in [4.78, 5) is 0.131. The van der Waals surface area contributed by atoms with Crippen molar-refractivity contribution in [3.8, 4) is 0 Å². The zero-order valence-electron chi connectivity index (χ0n) is 16.9. The van der Waals surface area contributed by atoms with Crippen LogP contribution in [0.4, 0.5) is 0 Å². The summed E-state index contributed by atoms with van der Waals surface area (Å²) < 4.78 is 64.4. The van der Waals surface area contributed by atoms with Gasteiger partial charge in [0.15, 0.2) is 0 Å². The highest BCUT2D eigenvalue weighted by Gasteiger charge is 2.20. The maximum absolute atomic E-state index is 12.2.